The summed E-state index contributed by atoms with van der Waals surface area (Å²) in [6.45, 7) is 1.65. The number of nitrogens with zero attached hydrogens (tertiary/aromatic N) is 2. The quantitative estimate of drug-likeness (QED) is 0.689. The minimum atomic E-state index is -0.871. The molecule has 1 aromatic carbocycles. The van der Waals surface area contributed by atoms with Crippen LogP contribution in [0.15, 0.2) is 28.1 Å². The van der Waals surface area contributed by atoms with E-state index in [1.54, 1.807) is 5.38 Å². The summed E-state index contributed by atoms with van der Waals surface area (Å²) in [5.74, 6) is -0.0701. The fourth-order valence-electron chi connectivity index (χ4n) is 1.99. The van der Waals surface area contributed by atoms with Crippen molar-refractivity contribution in [3.8, 4) is 16.3 Å². The average molecular weight is 399 g/mol. The molecule has 2 aromatic rings. The van der Waals surface area contributed by atoms with E-state index in [1.807, 2.05) is 32.3 Å². The van der Waals surface area contributed by atoms with Crippen molar-refractivity contribution in [2.24, 2.45) is 0 Å². The Balaban J connectivity index is 2.01. The normalized spacial score (nSPS) is 11.0. The van der Waals surface area contributed by atoms with E-state index in [-0.39, 0.29) is 6.42 Å². The summed E-state index contributed by atoms with van der Waals surface area (Å²) in [5, 5.41) is 11.4. The molecule has 0 saturated heterocycles. The molecular formula is C16H19BrN2O3S. The summed E-state index contributed by atoms with van der Waals surface area (Å²) in [5.41, 5.74) is 1.52. The van der Waals surface area contributed by atoms with Gasteiger partial charge >= 0.3 is 5.97 Å². The fourth-order valence-corrected chi connectivity index (χ4v) is 3.30. The first-order valence-electron chi connectivity index (χ1n) is 7.19. The Labute approximate surface area is 148 Å². The molecule has 0 aliphatic rings. The Kier molecular flexibility index (Phi) is 6.56. The van der Waals surface area contributed by atoms with E-state index in [1.165, 1.54) is 11.3 Å². The number of halogens is 1. The monoisotopic (exact) mass is 398 g/mol. The number of carboxylic acid groups (broad SMARTS) is 1. The first-order valence-corrected chi connectivity index (χ1v) is 8.86. The van der Waals surface area contributed by atoms with Crippen LogP contribution in [0, 0.1) is 0 Å². The smallest absolute Gasteiger partial charge is 0.309 e. The molecule has 5 nitrogen and oxygen atoms in total. The van der Waals surface area contributed by atoms with Crippen LogP contribution < -0.4 is 4.74 Å². The Morgan fingerprint density at radius 2 is 2.22 bits per heavy atom. The predicted molar refractivity (Wildman–Crippen MR) is 95.3 cm³/mol. The lowest BCUT2D eigenvalue weighted by molar-refractivity contribution is -0.136. The number of hydrogen-bond donors (Lipinski definition) is 1. The molecule has 0 unspecified atom stereocenters. The Bertz CT molecular complexity index is 673. The van der Waals surface area contributed by atoms with Gasteiger partial charge in [-0.15, -0.1) is 11.3 Å². The Morgan fingerprint density at radius 3 is 2.87 bits per heavy atom. The second kappa shape index (κ2) is 8.42. The minimum absolute atomic E-state index is 0.0509. The van der Waals surface area contributed by atoms with Crippen LogP contribution >= 0.6 is 27.3 Å². The van der Waals surface area contributed by atoms with E-state index in [4.69, 9.17) is 9.84 Å². The zero-order valence-electron chi connectivity index (χ0n) is 13.1. The highest BCUT2D eigenvalue weighted by molar-refractivity contribution is 9.10. The van der Waals surface area contributed by atoms with E-state index in [9.17, 15) is 4.79 Å². The Hall–Kier alpha value is -1.44. The first-order chi connectivity index (χ1) is 11.0. The molecule has 23 heavy (non-hydrogen) atoms. The van der Waals surface area contributed by atoms with Crippen molar-refractivity contribution in [2.45, 2.75) is 12.8 Å². The topological polar surface area (TPSA) is 62.7 Å². The minimum Gasteiger partial charge on any atom is -0.492 e. The molecule has 0 saturated carbocycles. The SMILES string of the molecule is CN(C)CCCOc1ccc(-c2nc(CC(=O)O)cs2)cc1Br. The first kappa shape index (κ1) is 17.9. The van der Waals surface area contributed by atoms with Gasteiger partial charge < -0.3 is 14.7 Å². The summed E-state index contributed by atoms with van der Waals surface area (Å²) in [6.07, 6.45) is 0.914. The zero-order chi connectivity index (χ0) is 16.8. The van der Waals surface area contributed by atoms with Gasteiger partial charge in [-0.05, 0) is 54.6 Å². The molecule has 1 N–H and O–H groups in total. The molecule has 1 aromatic heterocycles. The standard InChI is InChI=1S/C16H19BrN2O3S/c1-19(2)6-3-7-22-14-5-4-11(8-13(14)17)16-18-12(10-23-16)9-15(20)21/h4-5,8,10H,3,6-7,9H2,1-2H3,(H,20,21). The van der Waals surface area contributed by atoms with Crippen molar-refractivity contribution in [2.75, 3.05) is 27.2 Å². The highest BCUT2D eigenvalue weighted by atomic mass is 79.9. The van der Waals surface area contributed by atoms with Crippen LogP contribution in [0.3, 0.4) is 0 Å². The molecule has 0 radical (unpaired) electrons. The summed E-state index contributed by atoms with van der Waals surface area (Å²) in [7, 11) is 4.08. The summed E-state index contributed by atoms with van der Waals surface area (Å²) >= 11 is 4.96. The highest BCUT2D eigenvalue weighted by Crippen LogP contribution is 2.32. The van der Waals surface area contributed by atoms with Crippen molar-refractivity contribution < 1.29 is 14.6 Å². The third-order valence-electron chi connectivity index (χ3n) is 3.07. The van der Waals surface area contributed by atoms with Crippen LogP contribution in [-0.2, 0) is 11.2 Å². The molecule has 2 rings (SSSR count). The average Bonchev–Trinajstić information content (AvgIpc) is 2.92. The van der Waals surface area contributed by atoms with Gasteiger partial charge in [-0.3, -0.25) is 4.79 Å². The van der Waals surface area contributed by atoms with Crippen molar-refractivity contribution in [3.05, 3.63) is 33.7 Å². The number of hydrogen-bond acceptors (Lipinski definition) is 5. The van der Waals surface area contributed by atoms with Crippen LogP contribution in [0.5, 0.6) is 5.75 Å². The molecule has 0 fully saturated rings. The Morgan fingerprint density at radius 1 is 1.43 bits per heavy atom. The number of thiazole rings is 1. The molecular weight excluding hydrogens is 380 g/mol. The van der Waals surface area contributed by atoms with Gasteiger partial charge in [-0.2, -0.15) is 0 Å². The van der Waals surface area contributed by atoms with Crippen LogP contribution in [0.1, 0.15) is 12.1 Å². The van der Waals surface area contributed by atoms with E-state index >= 15 is 0 Å². The largest absolute Gasteiger partial charge is 0.492 e. The van der Waals surface area contributed by atoms with Crippen LogP contribution in [0.2, 0.25) is 0 Å². The second-order valence-corrected chi connectivity index (χ2v) is 7.08. The lowest BCUT2D eigenvalue weighted by atomic mass is 10.2. The maximum absolute atomic E-state index is 10.7. The van der Waals surface area contributed by atoms with Gasteiger partial charge in [0.15, 0.2) is 0 Å². The van der Waals surface area contributed by atoms with Crippen molar-refractivity contribution in [1.82, 2.24) is 9.88 Å². The highest BCUT2D eigenvalue weighted by Gasteiger charge is 2.10. The maximum atomic E-state index is 10.7. The number of carbonyl (C=O) groups is 1. The molecule has 0 amide bonds. The van der Waals surface area contributed by atoms with E-state index in [0.29, 0.717) is 12.3 Å². The van der Waals surface area contributed by atoms with Gasteiger partial charge in [-0.1, -0.05) is 0 Å². The summed E-state index contributed by atoms with van der Waals surface area (Å²) < 4.78 is 6.64. The maximum Gasteiger partial charge on any atom is 0.309 e. The lowest BCUT2D eigenvalue weighted by Crippen LogP contribution is -2.15. The molecule has 0 spiro atoms. The molecule has 0 bridgehead atoms. The van der Waals surface area contributed by atoms with Crippen LogP contribution in [0.4, 0.5) is 0 Å². The molecule has 124 valence electrons. The van der Waals surface area contributed by atoms with E-state index < -0.39 is 5.97 Å². The van der Waals surface area contributed by atoms with E-state index in [2.05, 4.69) is 25.8 Å². The van der Waals surface area contributed by atoms with Gasteiger partial charge in [0.2, 0.25) is 0 Å². The molecule has 1 heterocycles. The number of ether oxygens (including phenoxy) is 1. The summed E-state index contributed by atoms with van der Waals surface area (Å²) in [4.78, 5) is 17.2. The third kappa shape index (κ3) is 5.60. The van der Waals surface area contributed by atoms with Gasteiger partial charge in [0.1, 0.15) is 10.8 Å². The number of carboxylic acids is 1. The molecule has 0 aliphatic heterocycles. The van der Waals surface area contributed by atoms with Crippen molar-refractivity contribution in [3.63, 3.8) is 0 Å². The van der Waals surface area contributed by atoms with Crippen molar-refractivity contribution in [1.29, 1.82) is 0 Å². The number of aliphatic carboxylic acids is 1. The molecule has 0 atom stereocenters. The number of aromatic nitrogens is 1. The third-order valence-corrected chi connectivity index (χ3v) is 4.63. The molecule has 0 aliphatic carbocycles. The van der Waals surface area contributed by atoms with Crippen molar-refractivity contribution >= 4 is 33.2 Å². The van der Waals surface area contributed by atoms with Crippen LogP contribution in [0.25, 0.3) is 10.6 Å². The van der Waals surface area contributed by atoms with E-state index in [0.717, 1.165) is 33.8 Å². The summed E-state index contributed by atoms with van der Waals surface area (Å²) in [6, 6.07) is 5.80. The zero-order valence-corrected chi connectivity index (χ0v) is 15.5. The fraction of sp³-hybridized carbons (Fsp3) is 0.375. The van der Waals surface area contributed by atoms with Crippen LogP contribution in [-0.4, -0.2) is 48.2 Å². The number of benzene rings is 1. The van der Waals surface area contributed by atoms with Gasteiger partial charge in [0, 0.05) is 17.5 Å². The molecule has 7 heteroatoms. The lowest BCUT2D eigenvalue weighted by Gasteiger charge is -2.11. The van der Waals surface area contributed by atoms with Gasteiger partial charge in [0.25, 0.3) is 0 Å². The predicted octanol–water partition coefficient (Wildman–Crippen LogP) is 3.53. The van der Waals surface area contributed by atoms with Gasteiger partial charge in [-0.25, -0.2) is 4.98 Å². The van der Waals surface area contributed by atoms with Gasteiger partial charge in [0.05, 0.1) is 23.2 Å². The number of rotatable bonds is 8. The second-order valence-electron chi connectivity index (χ2n) is 5.37.